The van der Waals surface area contributed by atoms with Crippen molar-refractivity contribution in [2.45, 2.75) is 26.3 Å². The van der Waals surface area contributed by atoms with Gasteiger partial charge in [-0.2, -0.15) is 0 Å². The Morgan fingerprint density at radius 1 is 1.19 bits per heavy atom. The minimum absolute atomic E-state index is 0.0795. The lowest BCUT2D eigenvalue weighted by molar-refractivity contribution is 0.0643. The van der Waals surface area contributed by atoms with Crippen molar-refractivity contribution in [3.05, 3.63) is 29.6 Å². The number of rotatable bonds is 11. The first kappa shape index (κ1) is 17.9. The van der Waals surface area contributed by atoms with Gasteiger partial charge < -0.3 is 19.5 Å². The van der Waals surface area contributed by atoms with Crippen molar-refractivity contribution in [3.8, 4) is 5.75 Å². The monoisotopic (exact) mass is 299 g/mol. The summed E-state index contributed by atoms with van der Waals surface area (Å²) in [6.45, 7) is 6.99. The van der Waals surface area contributed by atoms with Crippen LogP contribution in [0.4, 0.5) is 4.39 Å². The highest BCUT2D eigenvalue weighted by atomic mass is 19.1. The van der Waals surface area contributed by atoms with E-state index in [9.17, 15) is 4.39 Å². The summed E-state index contributed by atoms with van der Waals surface area (Å²) in [5.74, 6) is 0.359. The largest absolute Gasteiger partial charge is 0.493 e. The highest BCUT2D eigenvalue weighted by Gasteiger charge is 2.15. The molecule has 0 aliphatic carbocycles. The summed E-state index contributed by atoms with van der Waals surface area (Å²) in [7, 11) is 1.64. The van der Waals surface area contributed by atoms with E-state index in [2.05, 4.69) is 5.32 Å². The molecule has 0 aromatic heterocycles. The second kappa shape index (κ2) is 10.5. The van der Waals surface area contributed by atoms with Crippen LogP contribution in [0, 0.1) is 5.82 Å². The molecule has 1 unspecified atom stereocenters. The third-order valence-electron chi connectivity index (χ3n) is 3.08. The number of hydrogen-bond donors (Lipinski definition) is 1. The second-order valence-corrected chi connectivity index (χ2v) is 4.74. The zero-order valence-electron chi connectivity index (χ0n) is 13.2. The smallest absolute Gasteiger partial charge is 0.131 e. The SMILES string of the molecule is CCNC(C)c1c(F)cccc1OCCCOCCOC. The fourth-order valence-electron chi connectivity index (χ4n) is 2.06. The molecule has 0 saturated heterocycles. The molecule has 4 nitrogen and oxygen atoms in total. The molecule has 0 fully saturated rings. The molecular weight excluding hydrogens is 273 g/mol. The van der Waals surface area contributed by atoms with Crippen LogP contribution in [0.15, 0.2) is 18.2 Å². The van der Waals surface area contributed by atoms with Gasteiger partial charge in [-0.3, -0.25) is 0 Å². The van der Waals surface area contributed by atoms with E-state index < -0.39 is 0 Å². The second-order valence-electron chi connectivity index (χ2n) is 4.74. The Morgan fingerprint density at radius 3 is 2.71 bits per heavy atom. The van der Waals surface area contributed by atoms with E-state index in [1.807, 2.05) is 13.8 Å². The topological polar surface area (TPSA) is 39.7 Å². The van der Waals surface area contributed by atoms with Crippen LogP contribution in [-0.4, -0.2) is 40.1 Å². The van der Waals surface area contributed by atoms with Crippen LogP contribution in [0.25, 0.3) is 0 Å². The van der Waals surface area contributed by atoms with Gasteiger partial charge in [-0.05, 0) is 25.6 Å². The van der Waals surface area contributed by atoms with Crippen molar-refractivity contribution in [3.63, 3.8) is 0 Å². The standard InChI is InChI=1S/C16H26FNO3/c1-4-18-13(2)16-14(17)7-5-8-15(16)21-10-6-9-20-12-11-19-3/h5,7-8,13,18H,4,6,9-12H2,1-3H3. The van der Waals surface area contributed by atoms with Crippen LogP contribution < -0.4 is 10.1 Å². The summed E-state index contributed by atoms with van der Waals surface area (Å²) in [5.41, 5.74) is 0.583. The number of nitrogens with one attached hydrogen (secondary N) is 1. The van der Waals surface area contributed by atoms with Crippen molar-refractivity contribution >= 4 is 0 Å². The summed E-state index contributed by atoms with van der Waals surface area (Å²) in [6.07, 6.45) is 0.759. The summed E-state index contributed by atoms with van der Waals surface area (Å²) in [5, 5.41) is 3.21. The molecule has 1 aromatic rings. The van der Waals surface area contributed by atoms with E-state index in [4.69, 9.17) is 14.2 Å². The first-order valence-corrected chi connectivity index (χ1v) is 7.42. The Balaban J connectivity index is 2.45. The Kier molecular flexibility index (Phi) is 8.98. The van der Waals surface area contributed by atoms with E-state index in [-0.39, 0.29) is 11.9 Å². The van der Waals surface area contributed by atoms with Gasteiger partial charge in [-0.15, -0.1) is 0 Å². The average Bonchev–Trinajstić information content (AvgIpc) is 2.46. The zero-order chi connectivity index (χ0) is 15.5. The van der Waals surface area contributed by atoms with E-state index >= 15 is 0 Å². The molecule has 1 N–H and O–H groups in total. The molecule has 0 aliphatic rings. The van der Waals surface area contributed by atoms with Crippen LogP contribution in [-0.2, 0) is 9.47 Å². The van der Waals surface area contributed by atoms with Gasteiger partial charge in [0.2, 0.25) is 0 Å². The molecule has 21 heavy (non-hydrogen) atoms. The lowest BCUT2D eigenvalue weighted by Crippen LogP contribution is -2.20. The lowest BCUT2D eigenvalue weighted by atomic mass is 10.1. The van der Waals surface area contributed by atoms with Crippen molar-refractivity contribution in [1.82, 2.24) is 5.32 Å². The third-order valence-corrected chi connectivity index (χ3v) is 3.08. The van der Waals surface area contributed by atoms with Crippen LogP contribution in [0.1, 0.15) is 31.9 Å². The maximum Gasteiger partial charge on any atom is 0.131 e. The molecule has 0 amide bonds. The van der Waals surface area contributed by atoms with Crippen LogP contribution in [0.3, 0.4) is 0 Å². The molecule has 0 heterocycles. The molecule has 1 aromatic carbocycles. The average molecular weight is 299 g/mol. The first-order valence-electron chi connectivity index (χ1n) is 7.42. The molecule has 0 saturated carbocycles. The van der Waals surface area contributed by atoms with Crippen molar-refractivity contribution in [1.29, 1.82) is 0 Å². The van der Waals surface area contributed by atoms with Crippen molar-refractivity contribution in [2.24, 2.45) is 0 Å². The number of methoxy groups -OCH3 is 1. The molecule has 0 spiro atoms. The summed E-state index contributed by atoms with van der Waals surface area (Å²) < 4.78 is 29.9. The number of ether oxygens (including phenoxy) is 3. The fraction of sp³-hybridized carbons (Fsp3) is 0.625. The minimum atomic E-state index is -0.239. The normalized spacial score (nSPS) is 12.4. The van der Waals surface area contributed by atoms with Gasteiger partial charge in [0.15, 0.2) is 0 Å². The predicted octanol–water partition coefficient (Wildman–Crippen LogP) is 2.93. The summed E-state index contributed by atoms with van der Waals surface area (Å²) >= 11 is 0. The first-order chi connectivity index (χ1) is 10.2. The maximum absolute atomic E-state index is 14.0. The van der Waals surface area contributed by atoms with Crippen molar-refractivity contribution < 1.29 is 18.6 Å². The highest BCUT2D eigenvalue weighted by Crippen LogP contribution is 2.27. The predicted molar refractivity (Wildman–Crippen MR) is 81.3 cm³/mol. The van der Waals surface area contributed by atoms with Crippen LogP contribution >= 0.6 is 0 Å². The van der Waals surface area contributed by atoms with Gasteiger partial charge in [0, 0.05) is 31.7 Å². The van der Waals surface area contributed by atoms with E-state index in [1.54, 1.807) is 19.2 Å². The third kappa shape index (κ3) is 6.42. The zero-order valence-corrected chi connectivity index (χ0v) is 13.2. The van der Waals surface area contributed by atoms with Gasteiger partial charge in [-0.25, -0.2) is 4.39 Å². The van der Waals surface area contributed by atoms with Crippen LogP contribution in [0.5, 0.6) is 5.75 Å². The van der Waals surface area contributed by atoms with Gasteiger partial charge in [-0.1, -0.05) is 13.0 Å². The fourth-order valence-corrected chi connectivity index (χ4v) is 2.06. The number of halogens is 1. The Labute approximate surface area is 126 Å². The molecule has 1 atom stereocenters. The molecule has 0 bridgehead atoms. The van der Waals surface area contributed by atoms with Gasteiger partial charge >= 0.3 is 0 Å². The number of hydrogen-bond acceptors (Lipinski definition) is 4. The Hall–Kier alpha value is -1.17. The van der Waals surface area contributed by atoms with Gasteiger partial charge in [0.1, 0.15) is 11.6 Å². The molecule has 120 valence electrons. The Morgan fingerprint density at radius 2 is 2.00 bits per heavy atom. The molecule has 1 rings (SSSR count). The quantitative estimate of drug-likeness (QED) is 0.638. The maximum atomic E-state index is 14.0. The molecule has 5 heteroatoms. The van der Waals surface area contributed by atoms with Crippen molar-refractivity contribution in [2.75, 3.05) is 40.1 Å². The van der Waals surface area contributed by atoms with Crippen LogP contribution in [0.2, 0.25) is 0 Å². The highest BCUT2D eigenvalue weighted by molar-refractivity contribution is 5.37. The van der Waals surface area contributed by atoms with Gasteiger partial charge in [0.05, 0.1) is 19.8 Å². The van der Waals surface area contributed by atoms with E-state index in [0.717, 1.165) is 13.0 Å². The number of benzene rings is 1. The lowest BCUT2D eigenvalue weighted by Gasteiger charge is -2.18. The molecule has 0 aliphatic heterocycles. The summed E-state index contributed by atoms with van der Waals surface area (Å²) in [6, 6.07) is 4.85. The van der Waals surface area contributed by atoms with E-state index in [1.165, 1.54) is 6.07 Å². The molecular formula is C16H26FNO3. The molecule has 0 radical (unpaired) electrons. The Bertz CT molecular complexity index is 401. The summed E-state index contributed by atoms with van der Waals surface area (Å²) in [4.78, 5) is 0. The minimum Gasteiger partial charge on any atom is -0.493 e. The van der Waals surface area contributed by atoms with Gasteiger partial charge in [0.25, 0.3) is 0 Å². The van der Waals surface area contributed by atoms with E-state index in [0.29, 0.717) is 37.7 Å².